The molecule has 0 spiro atoms. The number of hydrogen-bond donors (Lipinski definition) is 3. The van der Waals surface area contributed by atoms with Crippen molar-refractivity contribution < 1.29 is 14.6 Å². The predicted octanol–water partition coefficient (Wildman–Crippen LogP) is 3.98. The van der Waals surface area contributed by atoms with Gasteiger partial charge >= 0.3 is 0 Å². The number of benzene rings is 2. The third kappa shape index (κ3) is 7.40. The van der Waals surface area contributed by atoms with Gasteiger partial charge in [-0.2, -0.15) is 0 Å². The maximum absolute atomic E-state index is 10.4. The largest absolute Gasteiger partial charge is 0.497 e. The summed E-state index contributed by atoms with van der Waals surface area (Å²) in [6.07, 6.45) is -0.690. The Morgan fingerprint density at radius 3 is 2.38 bits per heavy atom. The Bertz CT molecular complexity index is 781. The number of rotatable bonds is 8. The molecule has 3 N–H and O–H groups in total. The van der Waals surface area contributed by atoms with Gasteiger partial charge in [-0.1, -0.05) is 29.8 Å². The number of aliphatic hydroxyl groups excluding tert-OH is 1. The Labute approximate surface area is 190 Å². The van der Waals surface area contributed by atoms with Gasteiger partial charge < -0.3 is 25.2 Å². The molecule has 2 unspecified atom stereocenters. The number of hydrogen-bond acceptors (Lipinski definition) is 4. The van der Waals surface area contributed by atoms with E-state index in [-0.39, 0.29) is 36.6 Å². The molecule has 0 aliphatic heterocycles. The van der Waals surface area contributed by atoms with Crippen LogP contribution in [0, 0.1) is 6.92 Å². The summed E-state index contributed by atoms with van der Waals surface area (Å²) < 4.78 is 10.6. The number of halogens is 1. The van der Waals surface area contributed by atoms with Gasteiger partial charge in [0.15, 0.2) is 5.96 Å². The maximum Gasteiger partial charge on any atom is 0.191 e. The summed E-state index contributed by atoms with van der Waals surface area (Å²) in [5.74, 6) is 2.24. The maximum atomic E-state index is 10.4. The summed E-state index contributed by atoms with van der Waals surface area (Å²) in [4.78, 5) is 4.55. The summed E-state index contributed by atoms with van der Waals surface area (Å²) in [5.41, 5.74) is 3.03. The van der Waals surface area contributed by atoms with Crippen LogP contribution >= 0.6 is 24.0 Å². The van der Waals surface area contributed by atoms with E-state index in [1.165, 1.54) is 5.56 Å². The lowest BCUT2D eigenvalue weighted by Crippen LogP contribution is -2.39. The molecule has 2 atom stereocenters. The van der Waals surface area contributed by atoms with Crippen molar-refractivity contribution in [3.8, 4) is 11.5 Å². The summed E-state index contributed by atoms with van der Waals surface area (Å²) in [5, 5.41) is 17.1. The van der Waals surface area contributed by atoms with Gasteiger partial charge in [-0.15, -0.1) is 24.0 Å². The predicted molar refractivity (Wildman–Crippen MR) is 129 cm³/mol. The molecule has 2 aromatic rings. The molecular formula is C22H32IN3O3. The SMILES string of the molecule is CCNC(=NCC(O)c1ccc(OC)cc1)NC(C)c1cc(C)ccc1OC.I. The van der Waals surface area contributed by atoms with Crippen LogP contribution in [0.15, 0.2) is 47.5 Å². The number of ether oxygens (including phenoxy) is 2. The van der Waals surface area contributed by atoms with Crippen LogP contribution in [0.25, 0.3) is 0 Å². The number of nitrogens with zero attached hydrogens (tertiary/aromatic N) is 1. The quantitative estimate of drug-likeness (QED) is 0.283. The second-order valence-corrected chi connectivity index (χ2v) is 6.62. The minimum absolute atomic E-state index is 0. The van der Waals surface area contributed by atoms with Crippen molar-refractivity contribution >= 4 is 29.9 Å². The van der Waals surface area contributed by atoms with Crippen molar-refractivity contribution in [2.75, 3.05) is 27.3 Å². The minimum atomic E-state index is -0.690. The minimum Gasteiger partial charge on any atom is -0.497 e. The molecule has 0 aromatic heterocycles. The molecule has 6 nitrogen and oxygen atoms in total. The number of nitrogens with one attached hydrogen (secondary N) is 2. The van der Waals surface area contributed by atoms with Crippen LogP contribution in [0.5, 0.6) is 11.5 Å². The summed E-state index contributed by atoms with van der Waals surface area (Å²) >= 11 is 0. The zero-order valence-electron chi connectivity index (χ0n) is 17.7. The lowest BCUT2D eigenvalue weighted by atomic mass is 10.0. The van der Waals surface area contributed by atoms with Gasteiger partial charge in [0.25, 0.3) is 0 Å². The molecule has 2 aromatic carbocycles. The van der Waals surface area contributed by atoms with E-state index in [1.54, 1.807) is 14.2 Å². The smallest absolute Gasteiger partial charge is 0.191 e. The summed E-state index contributed by atoms with van der Waals surface area (Å²) in [7, 11) is 3.29. The Morgan fingerprint density at radius 1 is 1.10 bits per heavy atom. The van der Waals surface area contributed by atoms with Gasteiger partial charge in [0.1, 0.15) is 11.5 Å². The topological polar surface area (TPSA) is 75.1 Å². The molecule has 160 valence electrons. The second kappa shape index (κ2) is 12.5. The molecule has 0 saturated carbocycles. The van der Waals surface area contributed by atoms with Gasteiger partial charge in [0.05, 0.1) is 32.9 Å². The van der Waals surface area contributed by atoms with Gasteiger partial charge in [-0.25, -0.2) is 0 Å². The highest BCUT2D eigenvalue weighted by Gasteiger charge is 2.14. The Hall–Kier alpha value is -2.00. The number of guanidine groups is 1. The van der Waals surface area contributed by atoms with Crippen molar-refractivity contribution in [1.82, 2.24) is 10.6 Å². The normalized spacial score (nSPS) is 13.1. The van der Waals surface area contributed by atoms with Crippen LogP contribution in [0.1, 0.15) is 42.7 Å². The van der Waals surface area contributed by atoms with E-state index in [1.807, 2.05) is 43.3 Å². The highest BCUT2D eigenvalue weighted by molar-refractivity contribution is 14.0. The van der Waals surface area contributed by atoms with Crippen LogP contribution < -0.4 is 20.1 Å². The molecule has 0 aliphatic carbocycles. The van der Waals surface area contributed by atoms with Crippen LogP contribution in [-0.2, 0) is 0 Å². The van der Waals surface area contributed by atoms with Crippen molar-refractivity contribution in [3.05, 3.63) is 59.2 Å². The van der Waals surface area contributed by atoms with Gasteiger partial charge in [-0.3, -0.25) is 4.99 Å². The van der Waals surface area contributed by atoms with Gasteiger partial charge in [0, 0.05) is 12.1 Å². The van der Waals surface area contributed by atoms with Crippen molar-refractivity contribution in [3.63, 3.8) is 0 Å². The third-order valence-corrected chi connectivity index (χ3v) is 4.47. The van der Waals surface area contributed by atoms with Crippen LogP contribution in [-0.4, -0.2) is 38.4 Å². The molecule has 2 rings (SSSR count). The average Bonchev–Trinajstić information content (AvgIpc) is 2.71. The lowest BCUT2D eigenvalue weighted by Gasteiger charge is -2.21. The first-order chi connectivity index (χ1) is 13.5. The fourth-order valence-corrected chi connectivity index (χ4v) is 2.90. The fourth-order valence-electron chi connectivity index (χ4n) is 2.90. The molecule has 0 saturated heterocycles. The first-order valence-corrected chi connectivity index (χ1v) is 9.49. The first-order valence-electron chi connectivity index (χ1n) is 9.49. The fraction of sp³-hybridized carbons (Fsp3) is 0.409. The molecule has 7 heteroatoms. The van der Waals surface area contributed by atoms with E-state index in [2.05, 4.69) is 35.5 Å². The molecule has 0 aliphatic rings. The molecule has 0 fully saturated rings. The third-order valence-electron chi connectivity index (χ3n) is 4.47. The molecular weight excluding hydrogens is 481 g/mol. The Kier molecular flexibility index (Phi) is 10.8. The van der Waals surface area contributed by atoms with Gasteiger partial charge in [-0.05, 0) is 44.5 Å². The monoisotopic (exact) mass is 513 g/mol. The Morgan fingerprint density at radius 2 is 1.79 bits per heavy atom. The highest BCUT2D eigenvalue weighted by Crippen LogP contribution is 2.26. The zero-order valence-corrected chi connectivity index (χ0v) is 20.1. The number of aliphatic hydroxyl groups is 1. The van der Waals surface area contributed by atoms with Gasteiger partial charge in [0.2, 0.25) is 0 Å². The molecule has 0 bridgehead atoms. The second-order valence-electron chi connectivity index (χ2n) is 6.62. The van der Waals surface area contributed by atoms with Crippen LogP contribution in [0.2, 0.25) is 0 Å². The van der Waals surface area contributed by atoms with Crippen LogP contribution in [0.3, 0.4) is 0 Å². The Balaban J connectivity index is 0.00000420. The van der Waals surface area contributed by atoms with Crippen molar-refractivity contribution in [2.45, 2.75) is 32.9 Å². The average molecular weight is 513 g/mol. The highest BCUT2D eigenvalue weighted by atomic mass is 127. The van der Waals surface area contributed by atoms with E-state index in [4.69, 9.17) is 9.47 Å². The lowest BCUT2D eigenvalue weighted by molar-refractivity contribution is 0.187. The summed E-state index contributed by atoms with van der Waals surface area (Å²) in [6.45, 7) is 7.10. The zero-order chi connectivity index (χ0) is 20.5. The van der Waals surface area contributed by atoms with Crippen LogP contribution in [0.4, 0.5) is 0 Å². The van der Waals surface area contributed by atoms with E-state index < -0.39 is 6.10 Å². The standard InChI is InChI=1S/C22H31N3O3.HI/c1-6-23-22(24-14-20(26)17-8-10-18(27-4)11-9-17)25-16(3)19-13-15(2)7-12-21(19)28-5;/h7-13,16,20,26H,6,14H2,1-5H3,(H2,23,24,25);1H. The van der Waals surface area contributed by atoms with E-state index in [0.29, 0.717) is 5.96 Å². The first kappa shape index (κ1) is 25.0. The number of aliphatic imine (C=N–C) groups is 1. The molecule has 29 heavy (non-hydrogen) atoms. The molecule has 0 heterocycles. The van der Waals surface area contributed by atoms with E-state index >= 15 is 0 Å². The van der Waals surface area contributed by atoms with E-state index in [0.717, 1.165) is 29.2 Å². The molecule has 0 amide bonds. The van der Waals surface area contributed by atoms with Crippen molar-refractivity contribution in [2.24, 2.45) is 4.99 Å². The molecule has 0 radical (unpaired) electrons. The number of methoxy groups -OCH3 is 2. The van der Waals surface area contributed by atoms with Crippen molar-refractivity contribution in [1.29, 1.82) is 0 Å². The number of aryl methyl sites for hydroxylation is 1. The summed E-state index contributed by atoms with van der Waals surface area (Å²) in [6, 6.07) is 13.5. The van der Waals surface area contributed by atoms with E-state index in [9.17, 15) is 5.11 Å².